The summed E-state index contributed by atoms with van der Waals surface area (Å²) in [5.41, 5.74) is 0. The van der Waals surface area contributed by atoms with Gasteiger partial charge in [0.25, 0.3) is 0 Å². The summed E-state index contributed by atoms with van der Waals surface area (Å²) >= 11 is 0. The summed E-state index contributed by atoms with van der Waals surface area (Å²) in [6.07, 6.45) is 1.67. The summed E-state index contributed by atoms with van der Waals surface area (Å²) in [7, 11) is 0. The third-order valence-electron chi connectivity index (χ3n) is 1.82. The van der Waals surface area contributed by atoms with E-state index in [-0.39, 0.29) is 19.3 Å². The van der Waals surface area contributed by atoms with Crippen LogP contribution in [0.5, 0.6) is 0 Å². The van der Waals surface area contributed by atoms with Crippen LogP contribution in [-0.2, 0) is 9.47 Å². The summed E-state index contributed by atoms with van der Waals surface area (Å²) in [5.74, 6) is 0. The number of carbonyl (C=O) groups is 1. The van der Waals surface area contributed by atoms with Gasteiger partial charge in [0.15, 0.2) is 0 Å². The molecule has 76 valence electrons. The summed E-state index contributed by atoms with van der Waals surface area (Å²) in [4.78, 5) is 10.9. The Morgan fingerprint density at radius 2 is 2.54 bits per heavy atom. The van der Waals surface area contributed by atoms with Crippen molar-refractivity contribution < 1.29 is 19.4 Å². The van der Waals surface area contributed by atoms with E-state index in [4.69, 9.17) is 9.84 Å². The molecule has 1 saturated heterocycles. The average molecular weight is 189 g/mol. The van der Waals surface area contributed by atoms with Crippen molar-refractivity contribution in [3.63, 3.8) is 0 Å². The maximum atomic E-state index is 10.9. The molecule has 0 aromatic carbocycles. The fraction of sp³-hybridized carbons (Fsp3) is 0.875. The van der Waals surface area contributed by atoms with Crippen LogP contribution in [0.2, 0.25) is 0 Å². The van der Waals surface area contributed by atoms with Gasteiger partial charge in [-0.05, 0) is 12.8 Å². The van der Waals surface area contributed by atoms with Gasteiger partial charge in [-0.1, -0.05) is 0 Å². The van der Waals surface area contributed by atoms with Crippen molar-refractivity contribution in [2.75, 3.05) is 26.4 Å². The maximum Gasteiger partial charge on any atom is 0.407 e. The number of ether oxygens (including phenoxy) is 2. The molecule has 5 nitrogen and oxygen atoms in total. The molecule has 1 aliphatic rings. The van der Waals surface area contributed by atoms with E-state index in [9.17, 15) is 4.79 Å². The van der Waals surface area contributed by atoms with Gasteiger partial charge in [-0.15, -0.1) is 0 Å². The van der Waals surface area contributed by atoms with E-state index in [2.05, 4.69) is 10.1 Å². The number of aliphatic hydroxyl groups is 1. The smallest absolute Gasteiger partial charge is 0.407 e. The summed E-state index contributed by atoms with van der Waals surface area (Å²) in [5, 5.41) is 10.9. The monoisotopic (exact) mass is 189 g/mol. The van der Waals surface area contributed by atoms with Crippen LogP contribution in [0.15, 0.2) is 0 Å². The molecule has 5 heteroatoms. The molecule has 0 aliphatic carbocycles. The van der Waals surface area contributed by atoms with E-state index in [0.717, 1.165) is 19.4 Å². The second-order valence-corrected chi connectivity index (χ2v) is 2.88. The van der Waals surface area contributed by atoms with Gasteiger partial charge >= 0.3 is 6.09 Å². The van der Waals surface area contributed by atoms with Crippen LogP contribution in [-0.4, -0.2) is 43.7 Å². The minimum Gasteiger partial charge on any atom is -0.447 e. The molecule has 1 heterocycles. The molecule has 0 saturated carbocycles. The van der Waals surface area contributed by atoms with E-state index in [1.807, 2.05) is 0 Å². The predicted octanol–water partition coefficient (Wildman–Crippen LogP) is -0.116. The molecule has 0 bridgehead atoms. The highest BCUT2D eigenvalue weighted by Crippen LogP contribution is 2.10. The van der Waals surface area contributed by atoms with Gasteiger partial charge in [-0.2, -0.15) is 0 Å². The molecule has 1 atom stereocenters. The predicted molar refractivity (Wildman–Crippen MR) is 45.4 cm³/mol. The lowest BCUT2D eigenvalue weighted by Crippen LogP contribution is -2.32. The third-order valence-corrected chi connectivity index (χ3v) is 1.82. The Kier molecular flexibility index (Phi) is 4.56. The Hall–Kier alpha value is -0.810. The highest BCUT2D eigenvalue weighted by Gasteiger charge is 2.16. The molecule has 0 aromatic rings. The van der Waals surface area contributed by atoms with E-state index < -0.39 is 6.09 Å². The van der Waals surface area contributed by atoms with E-state index in [1.165, 1.54) is 0 Å². The first-order valence-corrected chi connectivity index (χ1v) is 4.46. The van der Waals surface area contributed by atoms with Crippen molar-refractivity contribution >= 4 is 6.09 Å². The van der Waals surface area contributed by atoms with Gasteiger partial charge in [-0.25, -0.2) is 4.79 Å². The first-order valence-electron chi connectivity index (χ1n) is 4.46. The van der Waals surface area contributed by atoms with Crippen LogP contribution in [0.25, 0.3) is 0 Å². The standard InChI is InChI=1S/C8H15NO4/c10-3-5-13-8(11)9-6-7-2-1-4-12-7/h7,10H,1-6H2,(H,9,11). The zero-order chi connectivity index (χ0) is 9.52. The molecule has 2 N–H and O–H groups in total. The summed E-state index contributed by atoms with van der Waals surface area (Å²) < 4.78 is 9.88. The Labute approximate surface area is 77.0 Å². The molecule has 1 fully saturated rings. The molecule has 1 unspecified atom stereocenters. The third kappa shape index (κ3) is 4.10. The van der Waals surface area contributed by atoms with Crippen LogP contribution in [0.3, 0.4) is 0 Å². The topological polar surface area (TPSA) is 67.8 Å². The zero-order valence-corrected chi connectivity index (χ0v) is 7.49. The van der Waals surface area contributed by atoms with Crippen molar-refractivity contribution in [2.45, 2.75) is 18.9 Å². The van der Waals surface area contributed by atoms with Crippen molar-refractivity contribution in [3.05, 3.63) is 0 Å². The minimum atomic E-state index is -0.496. The van der Waals surface area contributed by atoms with Gasteiger partial charge in [0, 0.05) is 13.2 Å². The number of aliphatic hydroxyl groups excluding tert-OH is 1. The minimum absolute atomic E-state index is 0.0390. The van der Waals surface area contributed by atoms with Crippen LogP contribution in [0.1, 0.15) is 12.8 Å². The summed E-state index contributed by atoms with van der Waals surface area (Å²) in [6, 6.07) is 0. The molecule has 0 spiro atoms. The van der Waals surface area contributed by atoms with Crippen LogP contribution < -0.4 is 5.32 Å². The fourth-order valence-corrected chi connectivity index (χ4v) is 1.19. The number of hydrogen-bond donors (Lipinski definition) is 2. The number of hydrogen-bond acceptors (Lipinski definition) is 4. The molecule has 1 rings (SSSR count). The van der Waals surface area contributed by atoms with E-state index >= 15 is 0 Å². The second-order valence-electron chi connectivity index (χ2n) is 2.88. The molecule has 13 heavy (non-hydrogen) atoms. The quantitative estimate of drug-likeness (QED) is 0.647. The highest BCUT2D eigenvalue weighted by molar-refractivity contribution is 5.67. The molecule has 1 amide bonds. The Bertz CT molecular complexity index is 156. The van der Waals surface area contributed by atoms with Gasteiger partial charge in [0.1, 0.15) is 6.61 Å². The van der Waals surface area contributed by atoms with Crippen molar-refractivity contribution in [1.29, 1.82) is 0 Å². The number of carbonyl (C=O) groups excluding carboxylic acids is 1. The Balaban J connectivity index is 2.00. The number of rotatable bonds is 4. The lowest BCUT2D eigenvalue weighted by atomic mass is 10.2. The van der Waals surface area contributed by atoms with Crippen molar-refractivity contribution in [3.8, 4) is 0 Å². The van der Waals surface area contributed by atoms with Gasteiger partial charge in [-0.3, -0.25) is 0 Å². The fourth-order valence-electron chi connectivity index (χ4n) is 1.19. The van der Waals surface area contributed by atoms with E-state index in [1.54, 1.807) is 0 Å². The van der Waals surface area contributed by atoms with Crippen LogP contribution >= 0.6 is 0 Å². The lowest BCUT2D eigenvalue weighted by Gasteiger charge is -2.10. The van der Waals surface area contributed by atoms with Crippen LogP contribution in [0, 0.1) is 0 Å². The number of alkyl carbamates (subject to hydrolysis) is 1. The maximum absolute atomic E-state index is 10.9. The van der Waals surface area contributed by atoms with Crippen molar-refractivity contribution in [1.82, 2.24) is 5.32 Å². The largest absolute Gasteiger partial charge is 0.447 e. The van der Waals surface area contributed by atoms with Gasteiger partial charge in [0.2, 0.25) is 0 Å². The van der Waals surface area contributed by atoms with Crippen LogP contribution in [0.4, 0.5) is 4.79 Å². The Morgan fingerprint density at radius 1 is 1.69 bits per heavy atom. The number of nitrogens with one attached hydrogen (secondary N) is 1. The highest BCUT2D eigenvalue weighted by atomic mass is 16.6. The first kappa shape index (κ1) is 10.3. The van der Waals surface area contributed by atoms with Gasteiger partial charge in [0.05, 0.1) is 12.7 Å². The summed E-state index contributed by atoms with van der Waals surface area (Å²) in [6.45, 7) is 1.16. The molecule has 0 aromatic heterocycles. The molecular formula is C8H15NO4. The number of amides is 1. The molecular weight excluding hydrogens is 174 g/mol. The molecule has 0 radical (unpaired) electrons. The lowest BCUT2D eigenvalue weighted by molar-refractivity contribution is 0.0948. The average Bonchev–Trinajstić information content (AvgIpc) is 2.64. The van der Waals surface area contributed by atoms with Gasteiger partial charge < -0.3 is 19.9 Å². The first-order chi connectivity index (χ1) is 6.33. The van der Waals surface area contributed by atoms with E-state index in [0.29, 0.717) is 6.54 Å². The second kappa shape index (κ2) is 5.77. The SMILES string of the molecule is O=C(NCC1CCCO1)OCCO. The molecule has 1 aliphatic heterocycles. The van der Waals surface area contributed by atoms with Crippen molar-refractivity contribution in [2.24, 2.45) is 0 Å². The Morgan fingerprint density at radius 3 is 3.15 bits per heavy atom. The normalized spacial score (nSPS) is 21.5. The zero-order valence-electron chi connectivity index (χ0n) is 7.49.